The number of benzene rings is 2. The molecule has 122 valence electrons. The number of oxime groups is 1. The van der Waals surface area contributed by atoms with E-state index in [4.69, 9.17) is 14.3 Å². The first-order valence-electron chi connectivity index (χ1n) is 7.04. The lowest BCUT2D eigenvalue weighted by Gasteiger charge is -2.09. The first-order chi connectivity index (χ1) is 11.1. The van der Waals surface area contributed by atoms with Gasteiger partial charge in [0.1, 0.15) is 12.4 Å². The number of ether oxygens (including phenoxy) is 2. The zero-order valence-corrected chi connectivity index (χ0v) is 14.5. The molecule has 0 atom stereocenters. The van der Waals surface area contributed by atoms with Gasteiger partial charge in [0, 0.05) is 15.6 Å². The third-order valence-electron chi connectivity index (χ3n) is 3.00. The molecular formula is C17H17BrFNO3. The van der Waals surface area contributed by atoms with Crippen molar-refractivity contribution in [3.05, 3.63) is 57.8 Å². The second-order valence-corrected chi connectivity index (χ2v) is 5.50. The fourth-order valence-electron chi connectivity index (χ4n) is 1.88. The first kappa shape index (κ1) is 17.3. The van der Waals surface area contributed by atoms with Crippen molar-refractivity contribution in [3.63, 3.8) is 0 Å². The molecular weight excluding hydrogens is 365 g/mol. The molecule has 0 aliphatic heterocycles. The van der Waals surface area contributed by atoms with Gasteiger partial charge in [-0.25, -0.2) is 4.39 Å². The van der Waals surface area contributed by atoms with Crippen LogP contribution in [0.2, 0.25) is 0 Å². The molecule has 0 heterocycles. The molecule has 2 aromatic rings. The number of halogens is 2. The molecule has 0 radical (unpaired) electrons. The standard InChI is InChI=1S/C17H17BrFNO3/c1-3-22-16-7-4-12(8-17(16)21-2)10-20-23-11-13-5-6-14(18)9-15(13)19/h4-10H,3,11H2,1-2H3/b20-10+. The van der Waals surface area contributed by atoms with Gasteiger partial charge < -0.3 is 14.3 Å². The smallest absolute Gasteiger partial charge is 0.161 e. The van der Waals surface area contributed by atoms with E-state index in [1.165, 1.54) is 12.3 Å². The Morgan fingerprint density at radius 2 is 2.00 bits per heavy atom. The quantitative estimate of drug-likeness (QED) is 0.521. The molecule has 0 aliphatic carbocycles. The highest BCUT2D eigenvalue weighted by molar-refractivity contribution is 9.10. The van der Waals surface area contributed by atoms with Crippen molar-refractivity contribution in [1.29, 1.82) is 0 Å². The number of rotatable bonds is 7. The van der Waals surface area contributed by atoms with Gasteiger partial charge in [-0.2, -0.15) is 0 Å². The van der Waals surface area contributed by atoms with E-state index < -0.39 is 0 Å². The van der Waals surface area contributed by atoms with Crippen LogP contribution in [0, 0.1) is 5.82 Å². The van der Waals surface area contributed by atoms with E-state index >= 15 is 0 Å². The van der Waals surface area contributed by atoms with Crippen LogP contribution in [0.4, 0.5) is 4.39 Å². The predicted molar refractivity (Wildman–Crippen MR) is 90.6 cm³/mol. The van der Waals surface area contributed by atoms with Crippen molar-refractivity contribution in [1.82, 2.24) is 0 Å². The van der Waals surface area contributed by atoms with Gasteiger partial charge >= 0.3 is 0 Å². The minimum Gasteiger partial charge on any atom is -0.493 e. The minimum absolute atomic E-state index is 0.0593. The summed E-state index contributed by atoms with van der Waals surface area (Å²) in [7, 11) is 1.57. The van der Waals surface area contributed by atoms with Gasteiger partial charge in [-0.15, -0.1) is 0 Å². The van der Waals surface area contributed by atoms with E-state index in [2.05, 4.69) is 21.1 Å². The maximum Gasteiger partial charge on any atom is 0.161 e. The molecule has 0 saturated carbocycles. The Hall–Kier alpha value is -2.08. The van der Waals surface area contributed by atoms with Crippen LogP contribution in [0.5, 0.6) is 11.5 Å². The summed E-state index contributed by atoms with van der Waals surface area (Å²) in [5.74, 6) is 0.956. The van der Waals surface area contributed by atoms with Crippen molar-refractivity contribution < 1.29 is 18.7 Å². The molecule has 6 heteroatoms. The van der Waals surface area contributed by atoms with Gasteiger partial charge in [0.05, 0.1) is 19.9 Å². The zero-order valence-electron chi connectivity index (χ0n) is 12.9. The molecule has 0 saturated heterocycles. The van der Waals surface area contributed by atoms with Gasteiger partial charge in [0.2, 0.25) is 0 Å². The summed E-state index contributed by atoms with van der Waals surface area (Å²) in [6.07, 6.45) is 1.54. The summed E-state index contributed by atoms with van der Waals surface area (Å²) in [6.45, 7) is 2.53. The van der Waals surface area contributed by atoms with Gasteiger partial charge in [0.25, 0.3) is 0 Å². The summed E-state index contributed by atoms with van der Waals surface area (Å²) in [5.41, 5.74) is 1.23. The Kier molecular flexibility index (Phi) is 6.40. The number of nitrogens with zero attached hydrogens (tertiary/aromatic N) is 1. The van der Waals surface area contributed by atoms with Crippen LogP contribution >= 0.6 is 15.9 Å². The highest BCUT2D eigenvalue weighted by Gasteiger charge is 2.05. The number of methoxy groups -OCH3 is 1. The van der Waals surface area contributed by atoms with E-state index in [0.29, 0.717) is 28.1 Å². The molecule has 0 unspecified atom stereocenters. The normalized spacial score (nSPS) is 10.8. The Labute approximate surface area is 143 Å². The van der Waals surface area contributed by atoms with Crippen molar-refractivity contribution in [3.8, 4) is 11.5 Å². The van der Waals surface area contributed by atoms with E-state index in [9.17, 15) is 4.39 Å². The molecule has 0 fully saturated rings. The molecule has 0 bridgehead atoms. The van der Waals surface area contributed by atoms with Crippen LogP contribution in [0.1, 0.15) is 18.1 Å². The molecule has 4 nitrogen and oxygen atoms in total. The van der Waals surface area contributed by atoms with Crippen LogP contribution in [0.3, 0.4) is 0 Å². The maximum atomic E-state index is 13.6. The van der Waals surface area contributed by atoms with Crippen LogP contribution in [0.25, 0.3) is 0 Å². The Morgan fingerprint density at radius 3 is 2.70 bits per heavy atom. The second-order valence-electron chi connectivity index (χ2n) is 4.59. The fraction of sp³-hybridized carbons (Fsp3) is 0.235. The molecule has 0 amide bonds. The molecule has 2 rings (SSSR count). The van der Waals surface area contributed by atoms with Crippen molar-refractivity contribution >= 4 is 22.1 Å². The average Bonchev–Trinajstić information content (AvgIpc) is 2.54. The highest BCUT2D eigenvalue weighted by Crippen LogP contribution is 2.27. The van der Waals surface area contributed by atoms with Crippen LogP contribution < -0.4 is 9.47 Å². The van der Waals surface area contributed by atoms with Crippen molar-refractivity contribution in [2.24, 2.45) is 5.16 Å². The zero-order chi connectivity index (χ0) is 16.7. The molecule has 0 spiro atoms. The third-order valence-corrected chi connectivity index (χ3v) is 3.49. The summed E-state index contributed by atoms with van der Waals surface area (Å²) >= 11 is 3.21. The van der Waals surface area contributed by atoms with Gasteiger partial charge in [0.15, 0.2) is 11.5 Å². The van der Waals surface area contributed by atoms with Gasteiger partial charge in [-0.3, -0.25) is 0 Å². The summed E-state index contributed by atoms with van der Waals surface area (Å²) in [5, 5.41) is 3.85. The predicted octanol–water partition coefficient (Wildman–Crippen LogP) is 4.55. The topological polar surface area (TPSA) is 40.0 Å². The fourth-order valence-corrected chi connectivity index (χ4v) is 2.22. The lowest BCUT2D eigenvalue weighted by atomic mass is 10.2. The van der Waals surface area contributed by atoms with E-state index in [1.807, 2.05) is 13.0 Å². The van der Waals surface area contributed by atoms with Crippen LogP contribution in [0.15, 0.2) is 46.0 Å². The summed E-state index contributed by atoms with van der Waals surface area (Å²) in [6, 6.07) is 10.2. The lowest BCUT2D eigenvalue weighted by Crippen LogP contribution is -1.96. The minimum atomic E-state index is -0.336. The van der Waals surface area contributed by atoms with Gasteiger partial charge in [-0.1, -0.05) is 27.2 Å². The summed E-state index contributed by atoms with van der Waals surface area (Å²) in [4.78, 5) is 5.14. The van der Waals surface area contributed by atoms with Gasteiger partial charge in [-0.05, 0) is 37.3 Å². The van der Waals surface area contributed by atoms with E-state index in [-0.39, 0.29) is 12.4 Å². The van der Waals surface area contributed by atoms with Crippen LogP contribution in [-0.4, -0.2) is 19.9 Å². The Bertz CT molecular complexity index is 692. The van der Waals surface area contributed by atoms with E-state index in [1.54, 1.807) is 31.4 Å². The first-order valence-corrected chi connectivity index (χ1v) is 7.83. The Balaban J connectivity index is 1.97. The molecule has 23 heavy (non-hydrogen) atoms. The second kappa shape index (κ2) is 8.53. The molecule has 0 N–H and O–H groups in total. The number of hydrogen-bond donors (Lipinski definition) is 0. The molecule has 0 aliphatic rings. The molecule has 2 aromatic carbocycles. The lowest BCUT2D eigenvalue weighted by molar-refractivity contribution is 0.129. The largest absolute Gasteiger partial charge is 0.493 e. The van der Waals surface area contributed by atoms with Crippen molar-refractivity contribution in [2.45, 2.75) is 13.5 Å². The maximum absolute atomic E-state index is 13.6. The van der Waals surface area contributed by atoms with Crippen molar-refractivity contribution in [2.75, 3.05) is 13.7 Å². The molecule has 0 aromatic heterocycles. The van der Waals surface area contributed by atoms with E-state index in [0.717, 1.165) is 5.56 Å². The monoisotopic (exact) mass is 381 g/mol. The summed E-state index contributed by atoms with van der Waals surface area (Å²) < 4.78 is 25.0. The average molecular weight is 382 g/mol. The van der Waals surface area contributed by atoms with Crippen LogP contribution in [-0.2, 0) is 11.4 Å². The highest BCUT2D eigenvalue weighted by atomic mass is 79.9. The SMILES string of the molecule is CCOc1ccc(/C=N/OCc2ccc(Br)cc2F)cc1OC. The Morgan fingerprint density at radius 1 is 1.17 bits per heavy atom. The number of hydrogen-bond acceptors (Lipinski definition) is 4. The third kappa shape index (κ3) is 4.96.